The van der Waals surface area contributed by atoms with Crippen molar-refractivity contribution >= 4 is 49.1 Å². The van der Waals surface area contributed by atoms with Gasteiger partial charge in [0.15, 0.2) is 6.54 Å². The lowest BCUT2D eigenvalue weighted by atomic mass is 10.2. The number of quaternary nitrogens is 1. The van der Waals surface area contributed by atoms with Crippen molar-refractivity contribution in [3.63, 3.8) is 0 Å². The SMILES string of the molecule is O=C(C[NH+]1CCN(c2ccc(F)cc2)CC1)Nc1cc(Br)ccc1Br. The monoisotopic (exact) mass is 470 g/mol. The molecule has 0 radical (unpaired) electrons. The average Bonchev–Trinajstić information content (AvgIpc) is 2.59. The third kappa shape index (κ3) is 5.03. The Labute approximate surface area is 163 Å². The van der Waals surface area contributed by atoms with Crippen molar-refractivity contribution in [3.8, 4) is 0 Å². The van der Waals surface area contributed by atoms with E-state index in [2.05, 4.69) is 42.1 Å². The molecule has 3 rings (SSSR count). The van der Waals surface area contributed by atoms with Gasteiger partial charge in [-0.1, -0.05) is 15.9 Å². The van der Waals surface area contributed by atoms with Crippen LogP contribution in [0.3, 0.4) is 0 Å². The number of piperazine rings is 1. The van der Waals surface area contributed by atoms with E-state index < -0.39 is 0 Å². The van der Waals surface area contributed by atoms with Crippen LogP contribution in [0.2, 0.25) is 0 Å². The second kappa shape index (κ2) is 8.29. The van der Waals surface area contributed by atoms with Gasteiger partial charge >= 0.3 is 0 Å². The van der Waals surface area contributed by atoms with Crippen LogP contribution in [0.5, 0.6) is 0 Å². The molecule has 132 valence electrons. The molecule has 0 aliphatic carbocycles. The van der Waals surface area contributed by atoms with Gasteiger partial charge in [0.2, 0.25) is 0 Å². The van der Waals surface area contributed by atoms with Gasteiger partial charge in [-0.2, -0.15) is 0 Å². The smallest absolute Gasteiger partial charge is 0.279 e. The second-order valence-corrected chi connectivity index (χ2v) is 7.83. The van der Waals surface area contributed by atoms with Crippen LogP contribution in [0.15, 0.2) is 51.4 Å². The van der Waals surface area contributed by atoms with E-state index in [1.807, 2.05) is 18.2 Å². The van der Waals surface area contributed by atoms with E-state index in [0.717, 1.165) is 46.5 Å². The topological polar surface area (TPSA) is 36.8 Å². The zero-order chi connectivity index (χ0) is 17.8. The van der Waals surface area contributed by atoms with Crippen LogP contribution in [-0.4, -0.2) is 38.6 Å². The summed E-state index contributed by atoms with van der Waals surface area (Å²) in [5, 5.41) is 2.96. The largest absolute Gasteiger partial charge is 0.360 e. The molecule has 0 bridgehead atoms. The lowest BCUT2D eigenvalue weighted by Crippen LogP contribution is -3.15. The summed E-state index contributed by atoms with van der Waals surface area (Å²) in [6.45, 7) is 3.91. The van der Waals surface area contributed by atoms with E-state index in [0.29, 0.717) is 6.54 Å². The Morgan fingerprint density at radius 2 is 1.80 bits per heavy atom. The number of nitrogens with zero attached hydrogens (tertiary/aromatic N) is 1. The van der Waals surface area contributed by atoms with Crippen LogP contribution in [0.25, 0.3) is 0 Å². The van der Waals surface area contributed by atoms with Crippen molar-refractivity contribution in [2.45, 2.75) is 0 Å². The van der Waals surface area contributed by atoms with Gasteiger partial charge in [0, 0.05) is 14.6 Å². The van der Waals surface area contributed by atoms with Gasteiger partial charge in [0.1, 0.15) is 5.82 Å². The minimum Gasteiger partial charge on any atom is -0.360 e. The van der Waals surface area contributed by atoms with E-state index in [-0.39, 0.29) is 11.7 Å². The van der Waals surface area contributed by atoms with E-state index >= 15 is 0 Å². The summed E-state index contributed by atoms with van der Waals surface area (Å²) in [6, 6.07) is 12.3. The Hall–Kier alpha value is -1.44. The lowest BCUT2D eigenvalue weighted by molar-refractivity contribution is -0.892. The molecule has 7 heteroatoms. The number of benzene rings is 2. The van der Waals surface area contributed by atoms with Gasteiger partial charge in [-0.05, 0) is 58.4 Å². The molecule has 1 aliphatic heterocycles. The van der Waals surface area contributed by atoms with Crippen LogP contribution < -0.4 is 15.1 Å². The van der Waals surface area contributed by atoms with E-state index in [1.165, 1.54) is 17.0 Å². The zero-order valence-electron chi connectivity index (χ0n) is 13.6. The molecular weight excluding hydrogens is 453 g/mol. The van der Waals surface area contributed by atoms with Crippen molar-refractivity contribution in [2.24, 2.45) is 0 Å². The molecule has 1 amide bonds. The third-order valence-electron chi connectivity index (χ3n) is 4.28. The van der Waals surface area contributed by atoms with Gasteiger partial charge in [-0.25, -0.2) is 4.39 Å². The molecule has 1 fully saturated rings. The molecule has 2 aromatic carbocycles. The molecule has 0 atom stereocenters. The fourth-order valence-corrected chi connectivity index (χ4v) is 3.63. The second-order valence-electron chi connectivity index (χ2n) is 6.06. The normalized spacial score (nSPS) is 15.2. The molecule has 4 nitrogen and oxygen atoms in total. The van der Waals surface area contributed by atoms with Crippen molar-refractivity contribution in [2.75, 3.05) is 42.9 Å². The van der Waals surface area contributed by atoms with Gasteiger partial charge in [-0.15, -0.1) is 0 Å². The summed E-state index contributed by atoms with van der Waals surface area (Å²) in [6.07, 6.45) is 0. The Bertz CT molecular complexity index is 746. The van der Waals surface area contributed by atoms with Gasteiger partial charge in [0.25, 0.3) is 5.91 Å². The molecule has 0 spiro atoms. The molecule has 0 saturated carbocycles. The number of carbonyl (C=O) groups is 1. The average molecular weight is 472 g/mol. The first-order valence-corrected chi connectivity index (χ1v) is 9.69. The van der Waals surface area contributed by atoms with E-state index in [1.54, 1.807) is 12.1 Å². The maximum Gasteiger partial charge on any atom is 0.279 e. The highest BCUT2D eigenvalue weighted by Gasteiger charge is 2.22. The van der Waals surface area contributed by atoms with Gasteiger partial charge in [-0.3, -0.25) is 4.79 Å². The number of amides is 1. The molecule has 25 heavy (non-hydrogen) atoms. The van der Waals surface area contributed by atoms with Crippen molar-refractivity contribution in [1.82, 2.24) is 0 Å². The number of hydrogen-bond donors (Lipinski definition) is 2. The summed E-state index contributed by atoms with van der Waals surface area (Å²) in [7, 11) is 0. The quantitative estimate of drug-likeness (QED) is 0.719. The first-order chi connectivity index (χ1) is 12.0. The highest BCUT2D eigenvalue weighted by molar-refractivity contribution is 9.11. The van der Waals surface area contributed by atoms with Crippen LogP contribution in [0.4, 0.5) is 15.8 Å². The van der Waals surface area contributed by atoms with Crippen LogP contribution in [0, 0.1) is 5.82 Å². The summed E-state index contributed by atoms with van der Waals surface area (Å²) in [5.41, 5.74) is 1.80. The van der Waals surface area contributed by atoms with Crippen LogP contribution in [0.1, 0.15) is 0 Å². The highest BCUT2D eigenvalue weighted by atomic mass is 79.9. The molecule has 2 aromatic rings. The Morgan fingerprint density at radius 1 is 1.12 bits per heavy atom. The maximum atomic E-state index is 13.0. The number of rotatable bonds is 4. The standard InChI is InChI=1S/C18H18Br2FN3O/c19-13-1-6-16(20)17(11-13)22-18(25)12-23-7-9-24(10-8-23)15-4-2-14(21)3-5-15/h1-6,11H,7-10,12H2,(H,22,25)/p+1. The first-order valence-electron chi connectivity index (χ1n) is 8.10. The highest BCUT2D eigenvalue weighted by Crippen LogP contribution is 2.25. The minimum atomic E-state index is -0.219. The number of carbonyl (C=O) groups excluding carboxylic acids is 1. The van der Waals surface area contributed by atoms with Crippen molar-refractivity contribution < 1.29 is 14.1 Å². The minimum absolute atomic E-state index is 0.00373. The molecular formula is C18H19Br2FN3O+. The fourth-order valence-electron chi connectivity index (χ4n) is 2.92. The molecule has 1 aliphatic rings. The summed E-state index contributed by atoms with van der Waals surface area (Å²) in [4.78, 5) is 15.8. The van der Waals surface area contributed by atoms with E-state index in [9.17, 15) is 9.18 Å². The van der Waals surface area contributed by atoms with Crippen molar-refractivity contribution in [1.29, 1.82) is 0 Å². The molecule has 1 saturated heterocycles. The number of anilines is 2. The van der Waals surface area contributed by atoms with Crippen LogP contribution in [-0.2, 0) is 4.79 Å². The number of halogens is 3. The fraction of sp³-hybridized carbons (Fsp3) is 0.278. The summed E-state index contributed by atoms with van der Waals surface area (Å²) < 4.78 is 14.8. The van der Waals surface area contributed by atoms with Crippen molar-refractivity contribution in [3.05, 3.63) is 57.2 Å². The summed E-state index contributed by atoms with van der Waals surface area (Å²) in [5.74, 6) is -0.215. The maximum absolute atomic E-state index is 13.0. The molecule has 2 N–H and O–H groups in total. The third-order valence-corrected chi connectivity index (χ3v) is 5.46. The molecule has 1 heterocycles. The lowest BCUT2D eigenvalue weighted by Gasteiger charge is -2.33. The van der Waals surface area contributed by atoms with Crippen LogP contribution >= 0.6 is 31.9 Å². The Balaban J connectivity index is 1.51. The summed E-state index contributed by atoms with van der Waals surface area (Å²) >= 11 is 6.86. The zero-order valence-corrected chi connectivity index (χ0v) is 16.7. The predicted octanol–water partition coefficient (Wildman–Crippen LogP) is 2.69. The molecule has 0 unspecified atom stereocenters. The number of nitrogens with one attached hydrogen (secondary N) is 2. The van der Waals surface area contributed by atoms with Gasteiger partial charge in [0.05, 0.1) is 31.9 Å². The Kier molecular flexibility index (Phi) is 6.09. The predicted molar refractivity (Wildman–Crippen MR) is 105 cm³/mol. The Morgan fingerprint density at radius 3 is 2.48 bits per heavy atom. The van der Waals surface area contributed by atoms with E-state index in [4.69, 9.17) is 0 Å². The molecule has 0 aromatic heterocycles. The number of hydrogen-bond acceptors (Lipinski definition) is 2. The first kappa shape index (κ1) is 18.4. The van der Waals surface area contributed by atoms with Gasteiger partial charge < -0.3 is 15.1 Å².